The number of fused-ring (bicyclic) bond motifs is 8. The minimum atomic E-state index is -1.47. The van der Waals surface area contributed by atoms with Crippen molar-refractivity contribution >= 4 is 62.9 Å². The van der Waals surface area contributed by atoms with Crippen molar-refractivity contribution in [3.8, 4) is 16.8 Å². The van der Waals surface area contributed by atoms with Gasteiger partial charge in [-0.2, -0.15) is 0 Å². The lowest BCUT2D eigenvalue weighted by molar-refractivity contribution is 0.590. The Morgan fingerprint density at radius 2 is 1.13 bits per heavy atom. The third-order valence-corrected chi connectivity index (χ3v) is 14.3. The van der Waals surface area contributed by atoms with Gasteiger partial charge >= 0.3 is 0 Å². The molecule has 0 amide bonds. The Bertz CT molecular complexity index is 2690. The average Bonchev–Trinajstić information content (AvgIpc) is 3.58. The van der Waals surface area contributed by atoms with Gasteiger partial charge in [0.05, 0.1) is 24.8 Å². The summed E-state index contributed by atoms with van der Waals surface area (Å²) in [6, 6.07) is 51.2. The molecular weight excluding hydrogens is 681 g/mol. The molecule has 0 spiro atoms. The van der Waals surface area contributed by atoms with Gasteiger partial charge in [-0.3, -0.25) is 0 Å². The summed E-state index contributed by atoms with van der Waals surface area (Å²) in [4.78, 5) is 2.50. The second-order valence-corrected chi connectivity index (χ2v) is 23.6. The first-order valence-electron chi connectivity index (χ1n) is 19.9. The highest BCUT2D eigenvalue weighted by Crippen LogP contribution is 2.55. The van der Waals surface area contributed by atoms with E-state index in [-0.39, 0.29) is 10.8 Å². The molecule has 1 aliphatic rings. The molecule has 1 heterocycles. The second-order valence-electron chi connectivity index (χ2n) is 18.5. The summed E-state index contributed by atoms with van der Waals surface area (Å²) in [5.41, 5.74) is 16.5. The number of aromatic nitrogens is 1. The molecule has 8 aromatic rings. The van der Waals surface area contributed by atoms with E-state index in [1.807, 2.05) is 0 Å². The molecule has 0 saturated heterocycles. The number of hydrogen-bond acceptors (Lipinski definition) is 1. The van der Waals surface area contributed by atoms with Crippen LogP contribution in [0.5, 0.6) is 0 Å². The summed E-state index contributed by atoms with van der Waals surface area (Å²) < 4.78 is 2.47. The quantitative estimate of drug-likeness (QED) is 0.160. The van der Waals surface area contributed by atoms with Gasteiger partial charge in [-0.25, -0.2) is 0 Å². The zero-order valence-corrected chi connectivity index (χ0v) is 35.1. The van der Waals surface area contributed by atoms with E-state index >= 15 is 0 Å². The molecule has 0 atom stereocenters. The molecule has 0 unspecified atom stereocenters. The zero-order chi connectivity index (χ0) is 38.6. The molecule has 0 N–H and O–H groups in total. The van der Waals surface area contributed by atoms with Crippen LogP contribution in [0.4, 0.5) is 17.1 Å². The van der Waals surface area contributed by atoms with E-state index in [0.717, 1.165) is 0 Å². The van der Waals surface area contributed by atoms with E-state index in [1.54, 1.807) is 0 Å². The molecular formula is C52H52N2Si. The van der Waals surface area contributed by atoms with Gasteiger partial charge in [0.25, 0.3) is 0 Å². The Kier molecular flexibility index (Phi) is 7.91. The Morgan fingerprint density at radius 3 is 1.69 bits per heavy atom. The highest BCUT2D eigenvalue weighted by Gasteiger charge is 2.38. The SMILES string of the molecule is Cc1ccc2c(c1)c1cc(C)ccc1n2-c1ccc2c(c1)C(C)(C)c1cc(N(c3ccc(C(C)(C)C)cc3)c3ccc([Si](C)(C)C)cc3)c3ccccc3c1-2. The molecule has 3 heteroatoms. The normalized spacial score (nSPS) is 13.8. The molecule has 0 saturated carbocycles. The van der Waals surface area contributed by atoms with Gasteiger partial charge in [0.2, 0.25) is 0 Å². The number of benzene rings is 7. The van der Waals surface area contributed by atoms with Crippen molar-refractivity contribution in [3.05, 3.63) is 161 Å². The van der Waals surface area contributed by atoms with E-state index in [9.17, 15) is 0 Å². The topological polar surface area (TPSA) is 8.17 Å². The number of aryl methyl sites for hydroxylation is 2. The fourth-order valence-corrected chi connectivity index (χ4v) is 10.2. The monoisotopic (exact) mass is 732 g/mol. The average molecular weight is 733 g/mol. The fourth-order valence-electron chi connectivity index (χ4n) is 9.05. The number of nitrogens with zero attached hydrogens (tertiary/aromatic N) is 2. The van der Waals surface area contributed by atoms with Crippen LogP contribution in [0.2, 0.25) is 19.6 Å². The Labute approximate surface area is 328 Å². The summed E-state index contributed by atoms with van der Waals surface area (Å²) in [5, 5.41) is 6.65. The van der Waals surface area contributed by atoms with Crippen LogP contribution in [0, 0.1) is 13.8 Å². The molecule has 7 aromatic carbocycles. The molecule has 274 valence electrons. The Morgan fingerprint density at radius 1 is 0.564 bits per heavy atom. The maximum Gasteiger partial charge on any atom is 0.0775 e. The molecule has 0 bridgehead atoms. The highest BCUT2D eigenvalue weighted by molar-refractivity contribution is 6.88. The van der Waals surface area contributed by atoms with Crippen molar-refractivity contribution < 1.29 is 0 Å². The molecule has 9 rings (SSSR count). The lowest BCUT2D eigenvalue weighted by atomic mass is 9.81. The van der Waals surface area contributed by atoms with E-state index in [4.69, 9.17) is 0 Å². The Balaban J connectivity index is 1.26. The largest absolute Gasteiger partial charge is 0.310 e. The first-order valence-corrected chi connectivity index (χ1v) is 23.4. The number of hydrogen-bond donors (Lipinski definition) is 0. The van der Waals surface area contributed by atoms with Gasteiger partial charge in [0.1, 0.15) is 0 Å². The van der Waals surface area contributed by atoms with Crippen LogP contribution < -0.4 is 10.1 Å². The van der Waals surface area contributed by atoms with Crippen LogP contribution in [-0.2, 0) is 10.8 Å². The third kappa shape index (κ3) is 5.66. The van der Waals surface area contributed by atoms with E-state index in [1.165, 1.54) is 99.5 Å². The first-order chi connectivity index (χ1) is 26.1. The van der Waals surface area contributed by atoms with Crippen LogP contribution in [0.15, 0.2) is 133 Å². The fraction of sp³-hybridized carbons (Fsp3) is 0.231. The van der Waals surface area contributed by atoms with Crippen LogP contribution >= 0.6 is 0 Å². The summed E-state index contributed by atoms with van der Waals surface area (Å²) in [6.07, 6.45) is 0. The highest BCUT2D eigenvalue weighted by atomic mass is 28.3. The minimum absolute atomic E-state index is 0.0778. The third-order valence-electron chi connectivity index (χ3n) is 12.2. The summed E-state index contributed by atoms with van der Waals surface area (Å²) in [7, 11) is -1.47. The molecule has 55 heavy (non-hydrogen) atoms. The second kappa shape index (κ2) is 12.3. The van der Waals surface area contributed by atoms with Crippen LogP contribution in [0.3, 0.4) is 0 Å². The van der Waals surface area contributed by atoms with Crippen LogP contribution in [0.1, 0.15) is 62.4 Å². The Hall–Kier alpha value is -5.38. The number of anilines is 3. The maximum absolute atomic E-state index is 2.51. The van der Waals surface area contributed by atoms with Crippen molar-refractivity contribution in [1.29, 1.82) is 0 Å². The van der Waals surface area contributed by atoms with E-state index in [0.29, 0.717) is 0 Å². The smallest absolute Gasteiger partial charge is 0.0775 e. The lowest BCUT2D eigenvalue weighted by Gasteiger charge is -2.31. The van der Waals surface area contributed by atoms with Crippen molar-refractivity contribution in [3.63, 3.8) is 0 Å². The first kappa shape index (κ1) is 35.3. The lowest BCUT2D eigenvalue weighted by Crippen LogP contribution is -2.37. The summed E-state index contributed by atoms with van der Waals surface area (Å²) in [5.74, 6) is 0. The van der Waals surface area contributed by atoms with Gasteiger partial charge < -0.3 is 9.47 Å². The van der Waals surface area contributed by atoms with Crippen LogP contribution in [0.25, 0.3) is 49.4 Å². The number of rotatable bonds is 5. The minimum Gasteiger partial charge on any atom is -0.310 e. The van der Waals surface area contributed by atoms with E-state index < -0.39 is 8.07 Å². The summed E-state index contributed by atoms with van der Waals surface area (Å²) >= 11 is 0. The maximum atomic E-state index is 2.51. The predicted molar refractivity (Wildman–Crippen MR) is 242 cm³/mol. The molecule has 1 aliphatic carbocycles. The van der Waals surface area contributed by atoms with Crippen molar-refractivity contribution in [2.45, 2.75) is 78.9 Å². The van der Waals surface area contributed by atoms with Crippen molar-refractivity contribution in [2.75, 3.05) is 4.90 Å². The zero-order valence-electron chi connectivity index (χ0n) is 34.1. The van der Waals surface area contributed by atoms with Crippen LogP contribution in [-0.4, -0.2) is 12.6 Å². The van der Waals surface area contributed by atoms with Crippen molar-refractivity contribution in [2.24, 2.45) is 0 Å². The van der Waals surface area contributed by atoms with Gasteiger partial charge in [-0.15, -0.1) is 0 Å². The van der Waals surface area contributed by atoms with E-state index in [2.05, 4.69) is 211 Å². The molecule has 0 aliphatic heterocycles. The van der Waals surface area contributed by atoms with Gasteiger partial charge in [0.15, 0.2) is 0 Å². The molecule has 2 nitrogen and oxygen atoms in total. The molecule has 0 radical (unpaired) electrons. The summed E-state index contributed by atoms with van der Waals surface area (Å²) in [6.45, 7) is 23.4. The van der Waals surface area contributed by atoms with Gasteiger partial charge in [0, 0.05) is 38.6 Å². The predicted octanol–water partition coefficient (Wildman–Crippen LogP) is 14.2. The molecule has 0 fully saturated rings. The molecule has 1 aromatic heterocycles. The van der Waals surface area contributed by atoms with Gasteiger partial charge in [-0.05, 0) is 119 Å². The standard InChI is InChI=1S/C52H52N2Si/c1-33-15-27-47-43(29-33)44-30-34(2)16-28-48(44)54(47)38-23-26-42-45(31-38)52(6,7)46-32-49(40-13-11-12-14-41(40)50(42)46)53(36-19-17-35(18-20-36)51(3,4)5)37-21-24-39(25-22-37)55(8,9)10/h11-32H,1-10H3. The van der Waals surface area contributed by atoms with Crippen molar-refractivity contribution in [1.82, 2.24) is 4.57 Å². The van der Waals surface area contributed by atoms with Gasteiger partial charge in [-0.1, -0.05) is 137 Å².